The molecule has 1 N–H and O–H groups in total. The maximum Gasteiger partial charge on any atom is 0.337 e. The Morgan fingerprint density at radius 1 is 1.00 bits per heavy atom. The summed E-state index contributed by atoms with van der Waals surface area (Å²) in [5, 5.41) is 0. The smallest absolute Gasteiger partial charge is 0.337 e. The Balaban J connectivity index is 2.40. The first-order valence-electron chi connectivity index (χ1n) is 7.99. The van der Waals surface area contributed by atoms with Crippen molar-refractivity contribution in [2.45, 2.75) is 16.7 Å². The van der Waals surface area contributed by atoms with Crippen molar-refractivity contribution in [2.24, 2.45) is 0 Å². The monoisotopic (exact) mass is 444 g/mol. The quantitative estimate of drug-likeness (QED) is 0.647. The molecule has 1 heterocycles. The second-order valence-electron chi connectivity index (χ2n) is 5.87. The molecule has 0 saturated heterocycles. The van der Waals surface area contributed by atoms with Crippen molar-refractivity contribution in [1.29, 1.82) is 0 Å². The number of amides is 2. The van der Waals surface area contributed by atoms with E-state index in [1.165, 1.54) is 40.4 Å². The second-order valence-corrected chi connectivity index (χ2v) is 9.64. The molecule has 0 radical (unpaired) electrons. The lowest BCUT2D eigenvalue weighted by Crippen LogP contribution is -2.42. The second kappa shape index (κ2) is 8.26. The van der Waals surface area contributed by atoms with Gasteiger partial charge in [0.2, 0.25) is 16.0 Å². The molecule has 1 aromatic carbocycles. The van der Waals surface area contributed by atoms with Gasteiger partial charge in [-0.1, -0.05) is 12.1 Å². The lowest BCUT2D eigenvalue weighted by atomic mass is 10.4. The van der Waals surface area contributed by atoms with E-state index in [9.17, 15) is 21.6 Å². The minimum atomic E-state index is -4.54. The zero-order chi connectivity index (χ0) is 22.0. The fourth-order valence-electron chi connectivity index (χ4n) is 2.10. The molecule has 0 saturated carbocycles. The largest absolute Gasteiger partial charge is 0.467 e. The lowest BCUT2D eigenvalue weighted by Gasteiger charge is -2.18. The van der Waals surface area contributed by atoms with Crippen molar-refractivity contribution in [2.75, 3.05) is 33.2 Å². The Labute approximate surface area is 168 Å². The van der Waals surface area contributed by atoms with E-state index in [2.05, 4.69) is 15.0 Å². The zero-order valence-electron chi connectivity index (χ0n) is 16.3. The fourth-order valence-corrected chi connectivity index (χ4v) is 4.77. The first kappa shape index (κ1) is 22.4. The van der Waals surface area contributed by atoms with Gasteiger partial charge < -0.3 is 4.74 Å². The Morgan fingerprint density at radius 3 is 2.14 bits per heavy atom. The average molecular weight is 444 g/mol. The van der Waals surface area contributed by atoms with E-state index in [1.807, 2.05) is 4.72 Å². The Bertz CT molecular complexity index is 1130. The molecule has 2 rings (SSSR count). The molecule has 12 nitrogen and oxygen atoms in total. The van der Waals surface area contributed by atoms with Crippen molar-refractivity contribution in [1.82, 2.24) is 24.0 Å². The maximum atomic E-state index is 12.7. The highest BCUT2D eigenvalue weighted by Crippen LogP contribution is 2.23. The summed E-state index contributed by atoms with van der Waals surface area (Å²) >= 11 is 0. The Kier molecular flexibility index (Phi) is 6.40. The van der Waals surface area contributed by atoms with Gasteiger partial charge in [-0.2, -0.15) is 15.0 Å². The van der Waals surface area contributed by atoms with Crippen LogP contribution in [-0.2, 0) is 20.0 Å². The van der Waals surface area contributed by atoms with Crippen LogP contribution in [0.1, 0.15) is 5.82 Å². The van der Waals surface area contributed by atoms with Crippen molar-refractivity contribution < 1.29 is 26.4 Å². The van der Waals surface area contributed by atoms with E-state index >= 15 is 0 Å². The summed E-state index contributed by atoms with van der Waals surface area (Å²) < 4.78 is 58.0. The van der Waals surface area contributed by atoms with Crippen LogP contribution in [0.2, 0.25) is 0 Å². The number of hydrogen-bond donors (Lipinski definition) is 1. The van der Waals surface area contributed by atoms with Crippen LogP contribution < -0.4 is 14.4 Å². The van der Waals surface area contributed by atoms with E-state index in [0.717, 1.165) is 21.3 Å². The Hall–Kier alpha value is -2.84. The number of nitrogens with zero attached hydrogens (tertiary/aromatic N) is 5. The number of nitrogens with one attached hydrogen (secondary N) is 1. The third-order valence-electron chi connectivity index (χ3n) is 3.62. The number of benzene rings is 1. The number of aromatic nitrogens is 3. The van der Waals surface area contributed by atoms with Gasteiger partial charge in [-0.3, -0.25) is 4.90 Å². The number of carbonyl (C=O) groups excluding carboxylic acids is 1. The number of methoxy groups -OCH3 is 1. The van der Waals surface area contributed by atoms with E-state index in [4.69, 9.17) is 4.74 Å². The molecule has 0 fully saturated rings. The minimum Gasteiger partial charge on any atom is -0.467 e. The minimum absolute atomic E-state index is 0.0579. The predicted molar refractivity (Wildman–Crippen MR) is 103 cm³/mol. The van der Waals surface area contributed by atoms with Gasteiger partial charge in [0.15, 0.2) is 0 Å². The summed E-state index contributed by atoms with van der Waals surface area (Å²) in [4.78, 5) is 24.0. The molecule has 14 heteroatoms. The van der Waals surface area contributed by atoms with Crippen LogP contribution in [0.15, 0.2) is 34.1 Å². The molecular formula is C15H20N6O6S2. The molecule has 0 bridgehead atoms. The van der Waals surface area contributed by atoms with Crippen LogP contribution in [-0.4, -0.2) is 70.4 Å². The van der Waals surface area contributed by atoms with E-state index in [0.29, 0.717) is 0 Å². The van der Waals surface area contributed by atoms with Gasteiger partial charge in [0, 0.05) is 21.1 Å². The number of sulfonamides is 2. The lowest BCUT2D eigenvalue weighted by molar-refractivity contribution is 0.251. The highest BCUT2D eigenvalue weighted by molar-refractivity contribution is 7.92. The van der Waals surface area contributed by atoms with Gasteiger partial charge >= 0.3 is 12.0 Å². The molecule has 2 amide bonds. The molecule has 2 aromatic rings. The summed E-state index contributed by atoms with van der Waals surface area (Å²) in [6, 6.07) is 3.79. The summed E-state index contributed by atoms with van der Waals surface area (Å²) in [6.45, 7) is 1.54. The van der Waals surface area contributed by atoms with E-state index in [-0.39, 0.29) is 17.8 Å². The van der Waals surface area contributed by atoms with E-state index in [1.54, 1.807) is 6.92 Å². The number of urea groups is 1. The van der Waals surface area contributed by atoms with Crippen molar-refractivity contribution >= 4 is 32.0 Å². The Morgan fingerprint density at radius 2 is 1.59 bits per heavy atom. The topological polar surface area (TPSA) is 152 Å². The van der Waals surface area contributed by atoms with Gasteiger partial charge in [0.1, 0.15) is 15.6 Å². The highest BCUT2D eigenvalue weighted by Gasteiger charge is 2.30. The third kappa shape index (κ3) is 4.78. The predicted octanol–water partition coefficient (Wildman–Crippen LogP) is -0.0264. The van der Waals surface area contributed by atoms with Crippen LogP contribution in [0.5, 0.6) is 6.01 Å². The first-order valence-corrected chi connectivity index (χ1v) is 10.9. The van der Waals surface area contributed by atoms with Crippen LogP contribution in [0.4, 0.5) is 10.7 Å². The summed E-state index contributed by atoms with van der Waals surface area (Å²) in [7, 11) is -3.52. The number of aryl methyl sites for hydroxylation is 1. The molecular weight excluding hydrogens is 424 g/mol. The third-order valence-corrected chi connectivity index (χ3v) is 7.00. The van der Waals surface area contributed by atoms with Crippen molar-refractivity contribution in [3.05, 3.63) is 30.1 Å². The first-order chi connectivity index (χ1) is 13.4. The molecule has 1 aromatic heterocycles. The standard InChI is InChI=1S/C15H20N6O6S2/c1-10-16-13(18-14(17-10)27-5)21(4)15(22)19-28(23,24)11-8-6-7-9-12(11)29(25,26)20(2)3/h6-9H,1-5H3,(H,19,22). The van der Waals surface area contributed by atoms with Gasteiger partial charge in [0.05, 0.1) is 7.11 Å². The molecule has 0 unspecified atom stereocenters. The van der Waals surface area contributed by atoms with Gasteiger partial charge in [0.25, 0.3) is 10.0 Å². The van der Waals surface area contributed by atoms with Crippen LogP contribution in [0, 0.1) is 6.92 Å². The molecule has 0 aliphatic rings. The normalized spacial score (nSPS) is 11.9. The highest BCUT2D eigenvalue weighted by atomic mass is 32.2. The maximum absolute atomic E-state index is 12.7. The van der Waals surface area contributed by atoms with Gasteiger partial charge in [-0.15, -0.1) is 0 Å². The van der Waals surface area contributed by atoms with Crippen molar-refractivity contribution in [3.63, 3.8) is 0 Å². The van der Waals surface area contributed by atoms with Crippen LogP contribution in [0.3, 0.4) is 0 Å². The summed E-state index contributed by atoms with van der Waals surface area (Å²) in [5.74, 6) is 0.0908. The number of rotatable bonds is 6. The summed E-state index contributed by atoms with van der Waals surface area (Å²) in [6.07, 6.45) is 0. The SMILES string of the molecule is COc1nc(C)nc(N(C)C(=O)NS(=O)(=O)c2ccccc2S(=O)(=O)N(C)C)n1. The number of carbonyl (C=O) groups is 1. The fraction of sp³-hybridized carbons (Fsp3) is 0.333. The number of hydrogen-bond acceptors (Lipinski definition) is 9. The molecule has 0 atom stereocenters. The zero-order valence-corrected chi connectivity index (χ0v) is 17.9. The van der Waals surface area contributed by atoms with Crippen LogP contribution >= 0.6 is 0 Å². The van der Waals surface area contributed by atoms with Crippen molar-refractivity contribution in [3.8, 4) is 6.01 Å². The van der Waals surface area contributed by atoms with E-state index < -0.39 is 35.9 Å². The number of ether oxygens (including phenoxy) is 1. The molecule has 0 spiro atoms. The summed E-state index contributed by atoms with van der Waals surface area (Å²) in [5.41, 5.74) is 0. The molecule has 29 heavy (non-hydrogen) atoms. The van der Waals surface area contributed by atoms with Crippen LogP contribution in [0.25, 0.3) is 0 Å². The molecule has 158 valence electrons. The van der Waals surface area contributed by atoms with Gasteiger partial charge in [-0.05, 0) is 19.1 Å². The average Bonchev–Trinajstić information content (AvgIpc) is 2.66. The molecule has 0 aliphatic carbocycles. The number of anilines is 1. The molecule has 0 aliphatic heterocycles. The van der Waals surface area contributed by atoms with Gasteiger partial charge in [-0.25, -0.2) is 30.7 Å².